The summed E-state index contributed by atoms with van der Waals surface area (Å²) in [5.41, 5.74) is 0.128. The number of nitrogens with zero attached hydrogens (tertiary/aromatic N) is 1. The second kappa shape index (κ2) is 5.76. The lowest BCUT2D eigenvalue weighted by Crippen LogP contribution is -2.42. The van der Waals surface area contributed by atoms with Gasteiger partial charge < -0.3 is 5.11 Å². The monoisotopic (exact) mass is 255 g/mol. The Kier molecular flexibility index (Phi) is 4.30. The van der Waals surface area contributed by atoms with E-state index < -0.39 is 11.6 Å². The van der Waals surface area contributed by atoms with Crippen molar-refractivity contribution in [1.29, 1.82) is 0 Å². The molecular weight excluding hydrogens is 236 g/mol. The van der Waals surface area contributed by atoms with Gasteiger partial charge in [-0.15, -0.1) is 0 Å². The van der Waals surface area contributed by atoms with E-state index in [0.29, 0.717) is 19.5 Å². The molecule has 1 heterocycles. The number of likely N-dealkylation sites (tertiary alicyclic amines) is 1. The summed E-state index contributed by atoms with van der Waals surface area (Å²) in [6.45, 7) is 3.69. The van der Waals surface area contributed by atoms with Crippen molar-refractivity contribution in [3.63, 3.8) is 0 Å². The van der Waals surface area contributed by atoms with Crippen LogP contribution in [0.3, 0.4) is 0 Å². The Morgan fingerprint density at radius 1 is 1.33 bits per heavy atom. The molecule has 1 saturated heterocycles. The highest BCUT2D eigenvalue weighted by Crippen LogP contribution is 2.23. The van der Waals surface area contributed by atoms with Crippen molar-refractivity contribution in [2.45, 2.75) is 32.4 Å². The zero-order valence-corrected chi connectivity index (χ0v) is 10.6. The molecular formula is C14H19F2NO. The lowest BCUT2D eigenvalue weighted by Gasteiger charge is -2.35. The van der Waals surface area contributed by atoms with E-state index >= 15 is 0 Å². The van der Waals surface area contributed by atoms with Crippen LogP contribution in [0, 0.1) is 17.6 Å². The van der Waals surface area contributed by atoms with E-state index in [9.17, 15) is 13.9 Å². The molecule has 100 valence electrons. The van der Waals surface area contributed by atoms with E-state index in [-0.39, 0.29) is 24.1 Å². The summed E-state index contributed by atoms with van der Waals surface area (Å²) in [4.78, 5) is 2.02. The molecule has 4 heteroatoms. The van der Waals surface area contributed by atoms with E-state index in [1.165, 1.54) is 18.2 Å². The Morgan fingerprint density at radius 2 is 2.00 bits per heavy atom. The SMILES string of the molecule is CCC1CN(Cc2c(F)cccc2F)CCC1O. The predicted octanol–water partition coefficient (Wildman–Crippen LogP) is 2.56. The van der Waals surface area contributed by atoms with Crippen LogP contribution in [-0.2, 0) is 6.54 Å². The van der Waals surface area contributed by atoms with Crippen LogP contribution < -0.4 is 0 Å². The Balaban J connectivity index is 2.06. The fraction of sp³-hybridized carbons (Fsp3) is 0.571. The largest absolute Gasteiger partial charge is 0.393 e. The van der Waals surface area contributed by atoms with Gasteiger partial charge in [-0.1, -0.05) is 13.0 Å². The molecule has 18 heavy (non-hydrogen) atoms. The smallest absolute Gasteiger partial charge is 0.130 e. The van der Waals surface area contributed by atoms with Crippen molar-refractivity contribution in [3.8, 4) is 0 Å². The molecule has 0 amide bonds. The normalized spacial score (nSPS) is 25.3. The van der Waals surface area contributed by atoms with Crippen LogP contribution >= 0.6 is 0 Å². The third kappa shape index (κ3) is 2.87. The minimum absolute atomic E-state index is 0.128. The maximum absolute atomic E-state index is 13.5. The van der Waals surface area contributed by atoms with Crippen molar-refractivity contribution in [1.82, 2.24) is 4.90 Å². The zero-order chi connectivity index (χ0) is 13.1. The van der Waals surface area contributed by atoms with Gasteiger partial charge in [0.05, 0.1) is 6.10 Å². The standard InChI is InChI=1S/C14H19F2NO/c1-2-10-8-17(7-6-14(10)18)9-11-12(15)4-3-5-13(11)16/h3-5,10,14,18H,2,6-9H2,1H3. The molecule has 2 nitrogen and oxygen atoms in total. The van der Waals surface area contributed by atoms with Crippen LogP contribution in [0.25, 0.3) is 0 Å². The summed E-state index contributed by atoms with van der Waals surface area (Å²) < 4.78 is 27.1. The first-order valence-corrected chi connectivity index (χ1v) is 6.45. The molecule has 1 aromatic carbocycles. The lowest BCUT2D eigenvalue weighted by molar-refractivity contribution is 0.0215. The van der Waals surface area contributed by atoms with Crippen molar-refractivity contribution in [2.75, 3.05) is 13.1 Å². The molecule has 0 bridgehead atoms. The quantitative estimate of drug-likeness (QED) is 0.897. The topological polar surface area (TPSA) is 23.5 Å². The Bertz CT molecular complexity index is 391. The van der Waals surface area contributed by atoms with Gasteiger partial charge >= 0.3 is 0 Å². The van der Waals surface area contributed by atoms with Crippen molar-refractivity contribution in [3.05, 3.63) is 35.4 Å². The minimum Gasteiger partial charge on any atom is -0.393 e. The fourth-order valence-corrected chi connectivity index (χ4v) is 2.55. The molecule has 0 aromatic heterocycles. The Morgan fingerprint density at radius 3 is 2.61 bits per heavy atom. The van der Waals surface area contributed by atoms with Crippen molar-refractivity contribution < 1.29 is 13.9 Å². The maximum Gasteiger partial charge on any atom is 0.130 e. The minimum atomic E-state index is -0.492. The second-order valence-corrected chi connectivity index (χ2v) is 4.96. The van der Waals surface area contributed by atoms with E-state index in [0.717, 1.165) is 6.42 Å². The number of halogens is 2. The van der Waals surface area contributed by atoms with E-state index in [1.54, 1.807) is 0 Å². The lowest BCUT2D eigenvalue weighted by atomic mass is 9.92. The molecule has 0 saturated carbocycles. The molecule has 1 aromatic rings. The van der Waals surface area contributed by atoms with Gasteiger partial charge in [0.25, 0.3) is 0 Å². The highest BCUT2D eigenvalue weighted by atomic mass is 19.1. The summed E-state index contributed by atoms with van der Waals surface area (Å²) in [7, 11) is 0. The van der Waals surface area contributed by atoms with Gasteiger partial charge in [0.2, 0.25) is 0 Å². The highest BCUT2D eigenvalue weighted by Gasteiger charge is 2.27. The summed E-state index contributed by atoms with van der Waals surface area (Å²) >= 11 is 0. The van der Waals surface area contributed by atoms with Gasteiger partial charge in [0, 0.05) is 25.2 Å². The highest BCUT2D eigenvalue weighted by molar-refractivity contribution is 5.19. The first kappa shape index (κ1) is 13.4. The third-order valence-electron chi connectivity index (χ3n) is 3.75. The Hall–Kier alpha value is -1.00. The number of hydrogen-bond donors (Lipinski definition) is 1. The van der Waals surface area contributed by atoms with Gasteiger partial charge in [-0.25, -0.2) is 8.78 Å². The van der Waals surface area contributed by atoms with Gasteiger partial charge in [0.1, 0.15) is 11.6 Å². The molecule has 1 aliphatic heterocycles. The van der Waals surface area contributed by atoms with Gasteiger partial charge in [-0.3, -0.25) is 4.90 Å². The van der Waals surface area contributed by atoms with Gasteiger partial charge in [-0.2, -0.15) is 0 Å². The number of aliphatic hydroxyl groups excluding tert-OH is 1. The molecule has 0 radical (unpaired) electrons. The number of piperidine rings is 1. The van der Waals surface area contributed by atoms with Crippen LogP contribution in [-0.4, -0.2) is 29.2 Å². The number of benzene rings is 1. The second-order valence-electron chi connectivity index (χ2n) is 4.96. The van der Waals surface area contributed by atoms with Crippen LogP contribution in [0.1, 0.15) is 25.3 Å². The van der Waals surface area contributed by atoms with Crippen LogP contribution in [0.4, 0.5) is 8.78 Å². The first-order valence-electron chi connectivity index (χ1n) is 6.45. The number of aliphatic hydroxyl groups is 1. The zero-order valence-electron chi connectivity index (χ0n) is 10.6. The Labute approximate surface area is 106 Å². The summed E-state index contributed by atoms with van der Waals surface area (Å²) in [6.07, 6.45) is 1.28. The molecule has 1 N–H and O–H groups in total. The molecule has 0 aliphatic carbocycles. The number of hydrogen-bond acceptors (Lipinski definition) is 2. The molecule has 1 fully saturated rings. The van der Waals surface area contributed by atoms with Gasteiger partial charge in [0.15, 0.2) is 0 Å². The van der Waals surface area contributed by atoms with Crippen molar-refractivity contribution >= 4 is 0 Å². The van der Waals surface area contributed by atoms with Crippen LogP contribution in [0.2, 0.25) is 0 Å². The fourth-order valence-electron chi connectivity index (χ4n) is 2.55. The molecule has 2 rings (SSSR count). The molecule has 0 spiro atoms. The van der Waals surface area contributed by atoms with Crippen LogP contribution in [0.15, 0.2) is 18.2 Å². The summed E-state index contributed by atoms with van der Waals surface area (Å²) in [6, 6.07) is 3.95. The van der Waals surface area contributed by atoms with Crippen LogP contribution in [0.5, 0.6) is 0 Å². The molecule has 2 atom stereocenters. The average Bonchev–Trinajstić information content (AvgIpc) is 2.36. The summed E-state index contributed by atoms with van der Waals surface area (Å²) in [5, 5.41) is 9.79. The van der Waals surface area contributed by atoms with Crippen molar-refractivity contribution in [2.24, 2.45) is 5.92 Å². The maximum atomic E-state index is 13.5. The average molecular weight is 255 g/mol. The molecule has 1 aliphatic rings. The predicted molar refractivity (Wildman–Crippen MR) is 66.0 cm³/mol. The van der Waals surface area contributed by atoms with E-state index in [4.69, 9.17) is 0 Å². The summed E-state index contributed by atoms with van der Waals surface area (Å²) in [5.74, 6) is -0.781. The third-order valence-corrected chi connectivity index (χ3v) is 3.75. The first-order chi connectivity index (χ1) is 8.61. The van der Waals surface area contributed by atoms with Gasteiger partial charge in [-0.05, 0) is 30.9 Å². The number of rotatable bonds is 3. The molecule has 2 unspecified atom stereocenters. The van der Waals surface area contributed by atoms with E-state index in [2.05, 4.69) is 0 Å². The van der Waals surface area contributed by atoms with E-state index in [1.807, 2.05) is 11.8 Å².